The first kappa shape index (κ1) is 8.73. The highest BCUT2D eigenvalue weighted by Gasteiger charge is 2.04. The first-order chi connectivity index (χ1) is 6.81. The number of halogens is 1. The first-order valence-electron chi connectivity index (χ1n) is 3.87. The van der Waals surface area contributed by atoms with Crippen LogP contribution in [0, 0.1) is 11.3 Å². The maximum Gasteiger partial charge on any atom is 0.101 e. The second-order valence-electron chi connectivity index (χ2n) is 2.62. The van der Waals surface area contributed by atoms with Crippen LogP contribution in [0.15, 0.2) is 30.6 Å². The maximum absolute atomic E-state index is 8.87. The van der Waals surface area contributed by atoms with Crippen LogP contribution in [0.3, 0.4) is 0 Å². The van der Waals surface area contributed by atoms with Crippen LogP contribution in [0.1, 0.15) is 5.56 Å². The fourth-order valence-corrected chi connectivity index (χ4v) is 1.31. The Morgan fingerprint density at radius 1 is 1.43 bits per heavy atom. The summed E-state index contributed by atoms with van der Waals surface area (Å²) >= 11 is 5.76. The molecule has 1 heterocycles. The van der Waals surface area contributed by atoms with Crippen LogP contribution in [0.5, 0.6) is 0 Å². The molecular formula is C9H5ClN4. The molecule has 0 fully saturated rings. The number of nitriles is 1. The summed E-state index contributed by atoms with van der Waals surface area (Å²) in [5, 5.41) is 16.9. The van der Waals surface area contributed by atoms with Gasteiger partial charge in [0.1, 0.15) is 6.07 Å². The van der Waals surface area contributed by atoms with Crippen molar-refractivity contribution in [1.29, 1.82) is 5.26 Å². The van der Waals surface area contributed by atoms with E-state index in [4.69, 9.17) is 16.9 Å². The number of hydrogen-bond donors (Lipinski definition) is 0. The van der Waals surface area contributed by atoms with E-state index in [-0.39, 0.29) is 0 Å². The zero-order valence-corrected chi connectivity index (χ0v) is 7.81. The molecule has 0 spiro atoms. The van der Waals surface area contributed by atoms with E-state index < -0.39 is 0 Å². The Kier molecular flexibility index (Phi) is 2.17. The summed E-state index contributed by atoms with van der Waals surface area (Å²) in [5.41, 5.74) is 1.15. The quantitative estimate of drug-likeness (QED) is 0.712. The molecule has 14 heavy (non-hydrogen) atoms. The second kappa shape index (κ2) is 3.48. The molecule has 0 N–H and O–H groups in total. The molecule has 1 aromatic carbocycles. The zero-order chi connectivity index (χ0) is 9.97. The molecule has 0 saturated heterocycles. The van der Waals surface area contributed by atoms with Gasteiger partial charge in [-0.3, -0.25) is 0 Å². The van der Waals surface area contributed by atoms with Crippen molar-refractivity contribution in [3.63, 3.8) is 0 Å². The summed E-state index contributed by atoms with van der Waals surface area (Å²) in [4.78, 5) is 0. The van der Waals surface area contributed by atoms with Crippen molar-refractivity contribution in [3.8, 4) is 11.8 Å². The van der Waals surface area contributed by atoms with E-state index in [1.54, 1.807) is 30.6 Å². The standard InChI is InChI=1S/C9H5ClN4/c10-8-1-2-9(7(5-8)6-11)14-4-3-12-13-14/h1-5H. The van der Waals surface area contributed by atoms with Crippen molar-refractivity contribution in [1.82, 2.24) is 15.0 Å². The second-order valence-corrected chi connectivity index (χ2v) is 3.06. The molecule has 1 aromatic heterocycles. The third-order valence-electron chi connectivity index (χ3n) is 1.75. The lowest BCUT2D eigenvalue weighted by molar-refractivity contribution is 0.801. The van der Waals surface area contributed by atoms with E-state index in [1.165, 1.54) is 4.68 Å². The van der Waals surface area contributed by atoms with Crippen molar-refractivity contribution in [2.75, 3.05) is 0 Å². The molecule has 0 saturated carbocycles. The van der Waals surface area contributed by atoms with Gasteiger partial charge in [-0.2, -0.15) is 5.26 Å². The number of aromatic nitrogens is 3. The van der Waals surface area contributed by atoms with Gasteiger partial charge in [0.25, 0.3) is 0 Å². The fraction of sp³-hybridized carbons (Fsp3) is 0. The molecule has 0 aliphatic rings. The van der Waals surface area contributed by atoms with Crippen molar-refractivity contribution < 1.29 is 0 Å². The van der Waals surface area contributed by atoms with Gasteiger partial charge in [-0.05, 0) is 18.2 Å². The van der Waals surface area contributed by atoms with Gasteiger partial charge < -0.3 is 0 Å². The van der Waals surface area contributed by atoms with Crippen LogP contribution in [0.25, 0.3) is 5.69 Å². The van der Waals surface area contributed by atoms with Crippen molar-refractivity contribution >= 4 is 11.6 Å². The lowest BCUT2D eigenvalue weighted by atomic mass is 10.2. The van der Waals surface area contributed by atoms with Gasteiger partial charge in [0.15, 0.2) is 0 Å². The van der Waals surface area contributed by atoms with E-state index >= 15 is 0 Å². The van der Waals surface area contributed by atoms with Gasteiger partial charge in [0.05, 0.1) is 23.6 Å². The van der Waals surface area contributed by atoms with Crippen molar-refractivity contribution in [2.45, 2.75) is 0 Å². The highest BCUT2D eigenvalue weighted by atomic mass is 35.5. The van der Waals surface area contributed by atoms with Gasteiger partial charge in [-0.25, -0.2) is 4.68 Å². The van der Waals surface area contributed by atoms with Gasteiger partial charge in [0.2, 0.25) is 0 Å². The summed E-state index contributed by atoms with van der Waals surface area (Å²) in [7, 11) is 0. The molecule has 0 aliphatic carbocycles. The third-order valence-corrected chi connectivity index (χ3v) is 1.98. The average Bonchev–Trinajstić information content (AvgIpc) is 2.70. The van der Waals surface area contributed by atoms with E-state index in [2.05, 4.69) is 16.4 Å². The largest absolute Gasteiger partial charge is 0.219 e. The Balaban J connectivity index is 2.60. The molecule has 0 bridgehead atoms. The Morgan fingerprint density at radius 2 is 2.29 bits per heavy atom. The molecule has 0 amide bonds. The smallest absolute Gasteiger partial charge is 0.101 e. The minimum Gasteiger partial charge on any atom is -0.219 e. The molecule has 4 nitrogen and oxygen atoms in total. The minimum atomic E-state index is 0.475. The maximum atomic E-state index is 8.87. The van der Waals surface area contributed by atoms with E-state index in [0.717, 1.165) is 0 Å². The van der Waals surface area contributed by atoms with Crippen molar-refractivity contribution in [2.24, 2.45) is 0 Å². The monoisotopic (exact) mass is 204 g/mol. The molecule has 5 heteroatoms. The SMILES string of the molecule is N#Cc1cc(Cl)ccc1-n1ccnn1. The summed E-state index contributed by atoms with van der Waals surface area (Å²) < 4.78 is 1.52. The van der Waals surface area contributed by atoms with Crippen molar-refractivity contribution in [3.05, 3.63) is 41.2 Å². The molecule has 68 valence electrons. The average molecular weight is 205 g/mol. The molecule has 2 aromatic rings. The molecule has 0 unspecified atom stereocenters. The van der Waals surface area contributed by atoms with E-state index in [1.807, 2.05) is 0 Å². The number of rotatable bonds is 1. The highest BCUT2D eigenvalue weighted by Crippen LogP contribution is 2.17. The zero-order valence-electron chi connectivity index (χ0n) is 7.05. The van der Waals surface area contributed by atoms with Gasteiger partial charge in [-0.15, -0.1) is 5.10 Å². The van der Waals surface area contributed by atoms with Crippen LogP contribution in [-0.2, 0) is 0 Å². The Morgan fingerprint density at radius 3 is 2.93 bits per heavy atom. The Hall–Kier alpha value is -1.86. The minimum absolute atomic E-state index is 0.475. The summed E-state index contributed by atoms with van der Waals surface area (Å²) in [6.07, 6.45) is 3.22. The summed E-state index contributed by atoms with van der Waals surface area (Å²) in [6.45, 7) is 0. The van der Waals surface area contributed by atoms with Crippen LogP contribution in [-0.4, -0.2) is 15.0 Å². The van der Waals surface area contributed by atoms with Gasteiger partial charge in [0, 0.05) is 5.02 Å². The molecule has 0 atom stereocenters. The topological polar surface area (TPSA) is 54.5 Å². The van der Waals surface area contributed by atoms with Crippen LogP contribution < -0.4 is 0 Å². The normalized spacial score (nSPS) is 9.71. The predicted molar refractivity (Wildman–Crippen MR) is 51.1 cm³/mol. The molecule has 0 aliphatic heterocycles. The summed E-state index contributed by atoms with van der Waals surface area (Å²) in [5.74, 6) is 0. The number of hydrogen-bond acceptors (Lipinski definition) is 3. The molecule has 2 rings (SSSR count). The summed E-state index contributed by atoms with van der Waals surface area (Å²) in [6, 6.07) is 7.09. The van der Waals surface area contributed by atoms with Crippen LogP contribution >= 0.6 is 11.6 Å². The predicted octanol–water partition coefficient (Wildman–Crippen LogP) is 1.79. The Bertz CT molecular complexity index is 484. The third kappa shape index (κ3) is 1.45. The van der Waals surface area contributed by atoms with Gasteiger partial charge in [-0.1, -0.05) is 16.8 Å². The lowest BCUT2D eigenvalue weighted by Crippen LogP contribution is -1.98. The Labute approximate surface area is 85.3 Å². The van der Waals surface area contributed by atoms with Crippen LogP contribution in [0.2, 0.25) is 5.02 Å². The van der Waals surface area contributed by atoms with Crippen LogP contribution in [0.4, 0.5) is 0 Å². The van der Waals surface area contributed by atoms with E-state index in [0.29, 0.717) is 16.3 Å². The van der Waals surface area contributed by atoms with E-state index in [9.17, 15) is 0 Å². The van der Waals surface area contributed by atoms with Gasteiger partial charge >= 0.3 is 0 Å². The fourth-order valence-electron chi connectivity index (χ4n) is 1.13. The first-order valence-corrected chi connectivity index (χ1v) is 4.25. The number of nitrogens with zero attached hydrogens (tertiary/aromatic N) is 4. The molecule has 0 radical (unpaired) electrons. The molecular weight excluding hydrogens is 200 g/mol. The number of benzene rings is 1. The lowest BCUT2D eigenvalue weighted by Gasteiger charge is -2.02. The highest BCUT2D eigenvalue weighted by molar-refractivity contribution is 6.30.